The summed E-state index contributed by atoms with van der Waals surface area (Å²) in [7, 11) is 0. The van der Waals surface area contributed by atoms with Crippen LogP contribution in [0.1, 0.15) is 75.6 Å². The number of nitrogens with zero attached hydrogens (tertiary/aromatic N) is 2. The van der Waals surface area contributed by atoms with E-state index >= 15 is 0 Å². The number of carbonyl (C=O) groups excluding carboxylic acids is 2. The molecule has 0 saturated heterocycles. The minimum Gasteiger partial charge on any atom is -0.462 e. The van der Waals surface area contributed by atoms with E-state index in [1.807, 2.05) is 92.7 Å². The molecule has 62 heavy (non-hydrogen) atoms. The molecule has 0 spiro atoms. The lowest BCUT2D eigenvalue weighted by atomic mass is 9.86. The molecule has 6 aromatic rings. The summed E-state index contributed by atoms with van der Waals surface area (Å²) >= 11 is 18.0. The molecule has 4 unspecified atom stereocenters. The zero-order chi connectivity index (χ0) is 44.9. The highest BCUT2D eigenvalue weighted by Crippen LogP contribution is 2.30. The maximum Gasteiger partial charge on any atom is 0.263 e. The van der Waals surface area contributed by atoms with Crippen molar-refractivity contribution in [3.63, 3.8) is 0 Å². The fraction of sp³-hybridized carbons (Fsp3) is 0.280. The van der Waals surface area contributed by atoms with Crippen LogP contribution in [0.4, 0.5) is 0 Å². The second-order valence-electron chi connectivity index (χ2n) is 16.1. The van der Waals surface area contributed by atoms with Crippen molar-refractivity contribution in [2.75, 3.05) is 0 Å². The summed E-state index contributed by atoms with van der Waals surface area (Å²) in [6.45, 7) is 11.1. The van der Waals surface area contributed by atoms with Crippen LogP contribution in [0.15, 0.2) is 150 Å². The highest BCUT2D eigenvalue weighted by atomic mass is 127. The predicted octanol–water partition coefficient (Wildman–Crippen LogP) is 12.2. The van der Waals surface area contributed by atoms with Crippen molar-refractivity contribution < 1.29 is 19.1 Å². The molecule has 0 saturated carbocycles. The first kappa shape index (κ1) is 48.5. The zero-order valence-corrected chi connectivity index (χ0v) is 40.9. The van der Waals surface area contributed by atoms with Crippen LogP contribution in [0.25, 0.3) is 0 Å². The Kier molecular flexibility index (Phi) is 17.8. The molecule has 0 radical (unpaired) electrons. The molecule has 2 N–H and O–H groups in total. The molecule has 2 heterocycles. The summed E-state index contributed by atoms with van der Waals surface area (Å²) < 4.78 is 13.9. The van der Waals surface area contributed by atoms with Crippen molar-refractivity contribution in [2.45, 2.75) is 89.5 Å². The van der Waals surface area contributed by atoms with Gasteiger partial charge in [-0.15, -0.1) is 0 Å². The van der Waals surface area contributed by atoms with Crippen molar-refractivity contribution in [3.05, 3.63) is 186 Å². The average molecular weight is 1050 g/mol. The molecule has 2 aromatic heterocycles. The normalized spacial score (nSPS) is 13.3. The largest absolute Gasteiger partial charge is 0.462 e. The Hall–Kier alpha value is -4.49. The summed E-state index contributed by atoms with van der Waals surface area (Å²) in [5.41, 5.74) is 2.51. The number of pyridine rings is 2. The smallest absolute Gasteiger partial charge is 0.263 e. The number of benzene rings is 4. The number of ether oxygens (including phenoxy) is 2. The Labute approximate surface area is 397 Å². The molecule has 0 aliphatic heterocycles. The van der Waals surface area contributed by atoms with Gasteiger partial charge in [0.1, 0.15) is 0 Å². The van der Waals surface area contributed by atoms with Crippen molar-refractivity contribution in [2.24, 2.45) is 0 Å². The lowest BCUT2D eigenvalue weighted by Crippen LogP contribution is -2.51. The van der Waals surface area contributed by atoms with Gasteiger partial charge in [-0.3, -0.25) is 9.59 Å². The lowest BCUT2D eigenvalue weighted by Gasteiger charge is -2.30. The van der Waals surface area contributed by atoms with E-state index in [-0.39, 0.29) is 35.7 Å². The molecule has 0 bridgehead atoms. The Bertz CT molecular complexity index is 2190. The van der Waals surface area contributed by atoms with E-state index in [1.54, 1.807) is 58.3 Å². The molecule has 2 amide bonds. The van der Waals surface area contributed by atoms with Gasteiger partial charge in [0.2, 0.25) is 11.8 Å². The monoisotopic (exact) mass is 1050 g/mol. The van der Waals surface area contributed by atoms with Gasteiger partial charge in [-0.2, -0.15) is 0 Å². The third kappa shape index (κ3) is 14.8. The topological polar surface area (TPSA) is 102 Å². The van der Waals surface area contributed by atoms with E-state index in [0.717, 1.165) is 32.0 Å². The van der Waals surface area contributed by atoms with E-state index in [4.69, 9.17) is 32.7 Å². The third-order valence-corrected chi connectivity index (χ3v) is 12.0. The van der Waals surface area contributed by atoms with E-state index in [1.165, 1.54) is 11.1 Å². The number of halogens is 4. The maximum atomic E-state index is 13.1. The van der Waals surface area contributed by atoms with Crippen molar-refractivity contribution >= 4 is 73.5 Å². The van der Waals surface area contributed by atoms with Crippen LogP contribution in [-0.2, 0) is 22.4 Å². The van der Waals surface area contributed by atoms with Crippen LogP contribution in [0, 0.1) is 3.57 Å². The van der Waals surface area contributed by atoms with Crippen molar-refractivity contribution in [3.8, 4) is 11.8 Å². The maximum absolute atomic E-state index is 13.1. The van der Waals surface area contributed by atoms with E-state index in [9.17, 15) is 9.59 Å². The van der Waals surface area contributed by atoms with Crippen LogP contribution in [-0.4, -0.2) is 45.1 Å². The van der Waals surface area contributed by atoms with Crippen molar-refractivity contribution in [1.82, 2.24) is 20.6 Å². The summed E-state index contributed by atoms with van der Waals surface area (Å²) in [5, 5.41) is 7.75. The van der Waals surface area contributed by atoms with Crippen molar-refractivity contribution in [1.29, 1.82) is 0 Å². The number of carbonyl (C=O) groups is 2. The molecule has 324 valence electrons. The number of rotatable bonds is 16. The zero-order valence-electron chi connectivity index (χ0n) is 35.6. The summed E-state index contributed by atoms with van der Waals surface area (Å²) in [5.74, 6) is 0.614. The molecular formula is C50H52BrCl2IN4O4. The minimum atomic E-state index is -1.06. The molecule has 4 aromatic carbocycles. The fourth-order valence-electron chi connectivity index (χ4n) is 6.78. The predicted molar refractivity (Wildman–Crippen MR) is 262 cm³/mol. The SMILES string of the molecule is CC(NC(=O)C(C)(C)Oc1ccccn1)C(Cc1ccc(Cl)cc1)c1cccc(Br)c1.CC(NC(=O)C(C)(C)Oc1ccccn1)C(Cc1ccc(Cl)cc1)c1cccc(I)c1. The lowest BCUT2D eigenvalue weighted by molar-refractivity contribution is -0.135. The highest BCUT2D eigenvalue weighted by Gasteiger charge is 2.35. The molecule has 6 rings (SSSR count). The van der Waals surface area contributed by atoms with Gasteiger partial charge >= 0.3 is 0 Å². The number of hydrogen-bond acceptors (Lipinski definition) is 6. The second kappa shape index (κ2) is 22.7. The second-order valence-corrected chi connectivity index (χ2v) is 19.1. The molecule has 8 nitrogen and oxygen atoms in total. The molecule has 0 aliphatic carbocycles. The molecule has 0 fully saturated rings. The minimum absolute atomic E-state index is 0.0632. The average Bonchev–Trinajstić information content (AvgIpc) is 3.23. The summed E-state index contributed by atoms with van der Waals surface area (Å²) in [4.78, 5) is 34.5. The standard InChI is InChI=1S/C25H26BrClN2O2.C25H26ClIN2O2/c1-17(29-24(30)25(2,3)31-23-9-4-5-14-28-23)22(19-7-6-8-20(26)16-19)15-18-10-12-21(27)13-11-18;1-17(29-24(30)25(2,3)31-23-9-4-5-14-28-23)22(19-7-6-8-21(27)16-19)15-18-10-12-20(26)13-11-18/h2*4-14,16-17,22H,15H2,1-3H3,(H,29,30). The molecule has 12 heteroatoms. The number of aromatic nitrogens is 2. The summed E-state index contributed by atoms with van der Waals surface area (Å²) in [6.07, 6.45) is 4.82. The Morgan fingerprint density at radius 1 is 0.613 bits per heavy atom. The van der Waals surface area contributed by atoms with E-state index < -0.39 is 11.2 Å². The van der Waals surface area contributed by atoms with Gasteiger partial charge in [0.25, 0.3) is 11.8 Å². The molecule has 4 atom stereocenters. The van der Waals surface area contributed by atoms with Gasteiger partial charge in [-0.25, -0.2) is 9.97 Å². The van der Waals surface area contributed by atoms with Crippen LogP contribution < -0.4 is 20.1 Å². The van der Waals surface area contributed by atoms with E-state index in [0.29, 0.717) is 21.8 Å². The molecule has 0 aliphatic rings. The Morgan fingerprint density at radius 3 is 1.42 bits per heavy atom. The number of hydrogen-bond donors (Lipinski definition) is 2. The van der Waals surface area contributed by atoms with Gasteiger partial charge in [-0.05, 0) is 160 Å². The van der Waals surface area contributed by atoms with Crippen LogP contribution in [0.3, 0.4) is 0 Å². The van der Waals surface area contributed by atoms with Gasteiger partial charge in [0.15, 0.2) is 11.2 Å². The fourth-order valence-corrected chi connectivity index (χ4v) is 8.02. The quantitative estimate of drug-likeness (QED) is 0.0937. The van der Waals surface area contributed by atoms with Crippen LogP contribution in [0.5, 0.6) is 11.8 Å². The van der Waals surface area contributed by atoms with Crippen LogP contribution >= 0.6 is 61.7 Å². The Morgan fingerprint density at radius 2 is 1.03 bits per heavy atom. The first-order chi connectivity index (χ1) is 29.5. The van der Waals surface area contributed by atoms with Gasteiger partial charge in [0.05, 0.1) is 0 Å². The Balaban J connectivity index is 0.000000234. The molecular weight excluding hydrogens is 998 g/mol. The first-order valence-electron chi connectivity index (χ1n) is 20.3. The number of nitrogens with one attached hydrogen (secondary N) is 2. The van der Waals surface area contributed by atoms with Gasteiger partial charge in [0, 0.05) is 66.5 Å². The van der Waals surface area contributed by atoms with E-state index in [2.05, 4.69) is 95.5 Å². The summed E-state index contributed by atoms with van der Waals surface area (Å²) in [6, 6.07) is 42.8. The highest BCUT2D eigenvalue weighted by molar-refractivity contribution is 14.1. The van der Waals surface area contributed by atoms with Crippen LogP contribution in [0.2, 0.25) is 10.0 Å². The van der Waals surface area contributed by atoms with Gasteiger partial charge < -0.3 is 20.1 Å². The third-order valence-electron chi connectivity index (χ3n) is 10.3. The number of amides is 2. The first-order valence-corrected chi connectivity index (χ1v) is 22.9. The van der Waals surface area contributed by atoms with Gasteiger partial charge in [-0.1, -0.05) is 99.8 Å².